The van der Waals surface area contributed by atoms with E-state index in [1.54, 1.807) is 0 Å². The third kappa shape index (κ3) is 5.59. The van der Waals surface area contributed by atoms with Gasteiger partial charge in [-0.15, -0.1) is 0 Å². The number of hydrogen-bond donors (Lipinski definition) is 2. The molecule has 0 unspecified atom stereocenters. The van der Waals surface area contributed by atoms with Gasteiger partial charge in [0.1, 0.15) is 0 Å². The summed E-state index contributed by atoms with van der Waals surface area (Å²) in [6.07, 6.45) is 4.16. The fourth-order valence-corrected chi connectivity index (χ4v) is 2.46. The molecule has 0 aromatic heterocycles. The van der Waals surface area contributed by atoms with Gasteiger partial charge in [0.2, 0.25) is 5.91 Å². The van der Waals surface area contributed by atoms with Crippen molar-refractivity contribution in [3.8, 4) is 0 Å². The van der Waals surface area contributed by atoms with Crippen molar-refractivity contribution in [3.05, 3.63) is 0 Å². The lowest BCUT2D eigenvalue weighted by Gasteiger charge is -2.15. The first-order valence-corrected chi connectivity index (χ1v) is 7.14. The molecule has 0 aliphatic heterocycles. The highest BCUT2D eigenvalue weighted by Gasteiger charge is 2.37. The van der Waals surface area contributed by atoms with E-state index >= 15 is 0 Å². The molecule has 1 amide bonds. The lowest BCUT2D eigenvalue weighted by molar-refractivity contribution is -0.146. The Morgan fingerprint density at radius 3 is 2.58 bits per heavy atom. The molecule has 1 saturated carbocycles. The number of aliphatic carboxylic acids is 1. The lowest BCUT2D eigenvalue weighted by Crippen LogP contribution is -2.35. The lowest BCUT2D eigenvalue weighted by atomic mass is 9.95. The van der Waals surface area contributed by atoms with Crippen molar-refractivity contribution in [2.75, 3.05) is 13.2 Å². The molecule has 1 aliphatic carbocycles. The highest BCUT2D eigenvalue weighted by molar-refractivity contribution is 5.85. The van der Waals surface area contributed by atoms with Crippen molar-refractivity contribution in [1.29, 1.82) is 0 Å². The summed E-state index contributed by atoms with van der Waals surface area (Å²) in [6, 6.07) is 0. The molecule has 19 heavy (non-hydrogen) atoms. The van der Waals surface area contributed by atoms with Crippen LogP contribution in [0.2, 0.25) is 0 Å². The minimum absolute atomic E-state index is 0.102. The van der Waals surface area contributed by atoms with E-state index in [9.17, 15) is 9.59 Å². The van der Waals surface area contributed by atoms with Crippen molar-refractivity contribution in [1.82, 2.24) is 5.32 Å². The molecule has 2 atom stereocenters. The van der Waals surface area contributed by atoms with E-state index < -0.39 is 11.9 Å². The van der Waals surface area contributed by atoms with Gasteiger partial charge in [-0.2, -0.15) is 0 Å². The zero-order chi connectivity index (χ0) is 14.3. The van der Waals surface area contributed by atoms with E-state index in [4.69, 9.17) is 9.84 Å². The molecule has 1 aliphatic rings. The zero-order valence-electron chi connectivity index (χ0n) is 11.9. The Bertz CT molecular complexity index is 304. The van der Waals surface area contributed by atoms with Crippen LogP contribution < -0.4 is 5.32 Å². The second-order valence-corrected chi connectivity index (χ2v) is 5.40. The molecule has 0 aromatic rings. The molecule has 1 rings (SSSR count). The first-order chi connectivity index (χ1) is 9.02. The fraction of sp³-hybridized carbons (Fsp3) is 0.857. The summed E-state index contributed by atoms with van der Waals surface area (Å²) >= 11 is 0. The van der Waals surface area contributed by atoms with E-state index in [1.165, 1.54) is 0 Å². The summed E-state index contributed by atoms with van der Waals surface area (Å²) in [6.45, 7) is 5.29. The highest BCUT2D eigenvalue weighted by atomic mass is 16.5. The summed E-state index contributed by atoms with van der Waals surface area (Å²) in [5.41, 5.74) is 0. The largest absolute Gasteiger partial charge is 0.481 e. The minimum atomic E-state index is -0.844. The van der Waals surface area contributed by atoms with Crippen molar-refractivity contribution in [2.45, 2.75) is 52.1 Å². The average molecular weight is 271 g/mol. The molecular weight excluding hydrogens is 246 g/mol. The summed E-state index contributed by atoms with van der Waals surface area (Å²) in [5.74, 6) is -1.79. The van der Waals surface area contributed by atoms with Crippen molar-refractivity contribution in [3.63, 3.8) is 0 Å². The highest BCUT2D eigenvalue weighted by Crippen LogP contribution is 2.31. The Morgan fingerprint density at radius 1 is 1.26 bits per heavy atom. The van der Waals surface area contributed by atoms with Gasteiger partial charge in [-0.25, -0.2) is 0 Å². The van der Waals surface area contributed by atoms with Gasteiger partial charge in [0.15, 0.2) is 0 Å². The summed E-state index contributed by atoms with van der Waals surface area (Å²) in [5, 5.41) is 11.9. The predicted molar refractivity (Wildman–Crippen MR) is 71.8 cm³/mol. The molecule has 110 valence electrons. The molecule has 0 radical (unpaired) electrons. The predicted octanol–water partition coefficient (Wildman–Crippen LogP) is 1.81. The SMILES string of the molecule is CC(C)OCCCCNC(=O)[C@@H]1CCC[C@@H]1C(=O)O. The van der Waals surface area contributed by atoms with Crippen LogP contribution in [-0.2, 0) is 14.3 Å². The molecule has 0 heterocycles. The van der Waals surface area contributed by atoms with Crippen LogP contribution in [-0.4, -0.2) is 36.2 Å². The zero-order valence-corrected chi connectivity index (χ0v) is 11.9. The van der Waals surface area contributed by atoms with Crippen molar-refractivity contribution >= 4 is 11.9 Å². The second-order valence-electron chi connectivity index (χ2n) is 5.40. The molecule has 2 N–H and O–H groups in total. The first-order valence-electron chi connectivity index (χ1n) is 7.14. The number of rotatable bonds is 8. The van der Waals surface area contributed by atoms with Crippen LogP contribution in [0.1, 0.15) is 46.0 Å². The van der Waals surface area contributed by atoms with Crippen LogP contribution >= 0.6 is 0 Å². The normalized spacial score (nSPS) is 22.7. The van der Waals surface area contributed by atoms with Gasteiger partial charge in [-0.1, -0.05) is 6.42 Å². The Hall–Kier alpha value is -1.10. The Labute approximate surface area is 114 Å². The third-order valence-corrected chi connectivity index (χ3v) is 3.49. The fourth-order valence-electron chi connectivity index (χ4n) is 2.46. The van der Waals surface area contributed by atoms with Gasteiger partial charge < -0.3 is 15.2 Å². The molecule has 0 aromatic carbocycles. The number of hydrogen-bond acceptors (Lipinski definition) is 3. The Balaban J connectivity index is 2.15. The van der Waals surface area contributed by atoms with Crippen LogP contribution in [0.3, 0.4) is 0 Å². The number of unbranched alkanes of at least 4 members (excludes halogenated alkanes) is 1. The van der Waals surface area contributed by atoms with Crippen molar-refractivity contribution < 1.29 is 19.4 Å². The number of ether oxygens (including phenoxy) is 1. The number of amides is 1. The van der Waals surface area contributed by atoms with E-state index in [1.807, 2.05) is 13.8 Å². The van der Waals surface area contributed by atoms with Crippen LogP contribution in [0.4, 0.5) is 0 Å². The smallest absolute Gasteiger partial charge is 0.307 e. The van der Waals surface area contributed by atoms with E-state index in [-0.39, 0.29) is 17.9 Å². The van der Waals surface area contributed by atoms with Crippen molar-refractivity contribution in [2.24, 2.45) is 11.8 Å². The Kier molecular flexibility index (Phi) is 6.84. The average Bonchev–Trinajstić information content (AvgIpc) is 2.82. The molecule has 0 saturated heterocycles. The molecular formula is C14H25NO4. The van der Waals surface area contributed by atoms with Crippen LogP contribution in [0.25, 0.3) is 0 Å². The van der Waals surface area contributed by atoms with Gasteiger partial charge in [-0.3, -0.25) is 9.59 Å². The standard InChI is InChI=1S/C14H25NO4/c1-10(2)19-9-4-3-8-15-13(16)11-6-5-7-12(11)14(17)18/h10-12H,3-9H2,1-2H3,(H,15,16)(H,17,18)/t11-,12+/m1/s1. The topological polar surface area (TPSA) is 75.6 Å². The molecule has 0 spiro atoms. The summed E-state index contributed by atoms with van der Waals surface area (Å²) < 4.78 is 5.41. The molecule has 1 fully saturated rings. The number of carbonyl (C=O) groups is 2. The van der Waals surface area contributed by atoms with Gasteiger partial charge in [0.25, 0.3) is 0 Å². The third-order valence-electron chi connectivity index (χ3n) is 3.49. The molecule has 5 heteroatoms. The first kappa shape index (κ1) is 16.0. The van der Waals surface area contributed by atoms with Gasteiger partial charge in [0.05, 0.1) is 17.9 Å². The quantitative estimate of drug-likeness (QED) is 0.660. The Morgan fingerprint density at radius 2 is 1.95 bits per heavy atom. The second kappa shape index (κ2) is 8.15. The van der Waals surface area contributed by atoms with E-state index in [2.05, 4.69) is 5.32 Å². The van der Waals surface area contributed by atoms with Gasteiger partial charge >= 0.3 is 5.97 Å². The van der Waals surface area contributed by atoms with E-state index in [0.717, 1.165) is 19.3 Å². The van der Waals surface area contributed by atoms with Gasteiger partial charge in [0, 0.05) is 13.2 Å². The van der Waals surface area contributed by atoms with E-state index in [0.29, 0.717) is 26.0 Å². The maximum atomic E-state index is 11.9. The van der Waals surface area contributed by atoms with Gasteiger partial charge in [-0.05, 0) is 39.5 Å². The summed E-state index contributed by atoms with van der Waals surface area (Å²) in [7, 11) is 0. The molecule has 0 bridgehead atoms. The van der Waals surface area contributed by atoms with Crippen LogP contribution in [0.5, 0.6) is 0 Å². The minimum Gasteiger partial charge on any atom is -0.481 e. The number of nitrogens with one attached hydrogen (secondary N) is 1. The maximum Gasteiger partial charge on any atom is 0.307 e. The van der Waals surface area contributed by atoms with Crippen LogP contribution in [0.15, 0.2) is 0 Å². The maximum absolute atomic E-state index is 11.9. The monoisotopic (exact) mass is 271 g/mol. The number of carboxylic acids is 1. The molecule has 5 nitrogen and oxygen atoms in total. The number of carbonyl (C=O) groups excluding carboxylic acids is 1. The van der Waals surface area contributed by atoms with Crippen LogP contribution in [0, 0.1) is 11.8 Å². The number of carboxylic acid groups (broad SMARTS) is 1. The summed E-state index contributed by atoms with van der Waals surface area (Å²) in [4.78, 5) is 22.9.